The first kappa shape index (κ1) is 16.9. The molecule has 1 aromatic carbocycles. The molecule has 4 atom stereocenters. The largest absolute Gasteiger partial charge is 0.460 e. The van der Waals surface area contributed by atoms with Crippen LogP contribution in [0.4, 0.5) is 0 Å². The zero-order chi connectivity index (χ0) is 16.2. The van der Waals surface area contributed by atoms with Crippen molar-refractivity contribution in [2.24, 2.45) is 0 Å². The summed E-state index contributed by atoms with van der Waals surface area (Å²) < 4.78 is 10.4. The molecule has 0 aliphatic heterocycles. The molecule has 6 nitrogen and oxygen atoms in total. The topological polar surface area (TPSA) is 96.2 Å². The van der Waals surface area contributed by atoms with Crippen LogP contribution in [0.15, 0.2) is 30.3 Å². The molecular formula is C16H22O6. The highest BCUT2D eigenvalue weighted by atomic mass is 16.6. The van der Waals surface area contributed by atoms with Crippen molar-refractivity contribution in [2.75, 3.05) is 6.61 Å². The number of hydrogen-bond donors (Lipinski definition) is 3. The third-order valence-electron chi connectivity index (χ3n) is 3.93. The van der Waals surface area contributed by atoms with Crippen molar-refractivity contribution < 1.29 is 29.6 Å². The third kappa shape index (κ3) is 3.84. The Hall–Kier alpha value is -1.47. The first-order chi connectivity index (χ1) is 10.4. The number of hydrogen-bond acceptors (Lipinski definition) is 6. The predicted octanol–water partition coefficient (Wildman–Crippen LogP) is 0.382. The Morgan fingerprint density at radius 2 is 1.95 bits per heavy atom. The molecule has 2 rings (SSSR count). The fraction of sp³-hybridized carbons (Fsp3) is 0.562. The molecule has 3 N–H and O–H groups in total. The van der Waals surface area contributed by atoms with Crippen molar-refractivity contribution in [2.45, 2.75) is 50.3 Å². The van der Waals surface area contributed by atoms with Gasteiger partial charge in [-0.1, -0.05) is 30.3 Å². The first-order valence-electron chi connectivity index (χ1n) is 7.31. The van der Waals surface area contributed by atoms with Gasteiger partial charge in [-0.3, -0.25) is 4.79 Å². The number of benzene rings is 1. The summed E-state index contributed by atoms with van der Waals surface area (Å²) in [4.78, 5) is 11.0. The van der Waals surface area contributed by atoms with Gasteiger partial charge in [0.25, 0.3) is 0 Å². The molecule has 0 amide bonds. The highest BCUT2D eigenvalue weighted by Gasteiger charge is 2.51. The Kier molecular flexibility index (Phi) is 5.52. The molecule has 0 bridgehead atoms. The minimum absolute atomic E-state index is 0.222. The lowest BCUT2D eigenvalue weighted by Gasteiger charge is -2.43. The summed E-state index contributed by atoms with van der Waals surface area (Å²) in [6.45, 7) is 1.24. The molecule has 1 aliphatic rings. The number of ether oxygens (including phenoxy) is 2. The van der Waals surface area contributed by atoms with Gasteiger partial charge in [0, 0.05) is 6.92 Å². The summed E-state index contributed by atoms with van der Waals surface area (Å²) in [6.07, 6.45) is -2.85. The molecule has 0 radical (unpaired) electrons. The van der Waals surface area contributed by atoms with Crippen LogP contribution in [0.1, 0.15) is 25.3 Å². The average Bonchev–Trinajstić information content (AvgIpc) is 2.49. The second kappa shape index (κ2) is 7.19. The maximum atomic E-state index is 11.0. The summed E-state index contributed by atoms with van der Waals surface area (Å²) in [5, 5.41) is 30.8. The molecule has 0 heterocycles. The minimum atomic E-state index is -1.85. The SMILES string of the molecule is CC(=O)O[C@@H]1CC[C@H](O)[C@](O)(COCc2ccccc2)[C@H]1O. The number of rotatable bonds is 5. The lowest BCUT2D eigenvalue weighted by molar-refractivity contribution is -0.231. The van der Waals surface area contributed by atoms with Crippen LogP contribution in [-0.4, -0.2) is 51.8 Å². The zero-order valence-electron chi connectivity index (χ0n) is 12.5. The van der Waals surface area contributed by atoms with Crippen molar-refractivity contribution in [1.82, 2.24) is 0 Å². The van der Waals surface area contributed by atoms with E-state index in [1.54, 1.807) is 0 Å². The Labute approximate surface area is 129 Å². The Morgan fingerprint density at radius 3 is 2.59 bits per heavy atom. The van der Waals surface area contributed by atoms with E-state index in [1.807, 2.05) is 30.3 Å². The smallest absolute Gasteiger partial charge is 0.302 e. The van der Waals surface area contributed by atoms with Gasteiger partial charge in [0.2, 0.25) is 0 Å². The average molecular weight is 310 g/mol. The zero-order valence-corrected chi connectivity index (χ0v) is 12.5. The lowest BCUT2D eigenvalue weighted by Crippen LogP contribution is -2.63. The van der Waals surface area contributed by atoms with Crippen LogP contribution in [0.5, 0.6) is 0 Å². The van der Waals surface area contributed by atoms with Gasteiger partial charge in [0.1, 0.15) is 17.8 Å². The Morgan fingerprint density at radius 1 is 1.27 bits per heavy atom. The van der Waals surface area contributed by atoms with Crippen LogP contribution in [-0.2, 0) is 20.9 Å². The fourth-order valence-electron chi connectivity index (χ4n) is 2.67. The molecule has 1 fully saturated rings. The number of carbonyl (C=O) groups is 1. The molecule has 0 unspecified atom stereocenters. The molecule has 1 aliphatic carbocycles. The van der Waals surface area contributed by atoms with Gasteiger partial charge < -0.3 is 24.8 Å². The summed E-state index contributed by atoms with van der Waals surface area (Å²) in [6, 6.07) is 9.37. The normalized spacial score (nSPS) is 31.7. The quantitative estimate of drug-likeness (QED) is 0.681. The molecule has 122 valence electrons. The van der Waals surface area contributed by atoms with Crippen LogP contribution in [0, 0.1) is 0 Å². The lowest BCUT2D eigenvalue weighted by atomic mass is 9.78. The van der Waals surface area contributed by atoms with Crippen LogP contribution in [0.25, 0.3) is 0 Å². The summed E-state index contributed by atoms with van der Waals surface area (Å²) in [7, 11) is 0. The van der Waals surface area contributed by atoms with Crippen molar-refractivity contribution in [1.29, 1.82) is 0 Å². The predicted molar refractivity (Wildman–Crippen MR) is 77.8 cm³/mol. The number of esters is 1. The van der Waals surface area contributed by atoms with Crippen molar-refractivity contribution in [3.05, 3.63) is 35.9 Å². The molecule has 22 heavy (non-hydrogen) atoms. The molecule has 6 heteroatoms. The molecule has 0 aromatic heterocycles. The van der Waals surface area contributed by atoms with Crippen molar-refractivity contribution in [3.8, 4) is 0 Å². The molecule has 1 aromatic rings. The van der Waals surface area contributed by atoms with E-state index in [2.05, 4.69) is 0 Å². The third-order valence-corrected chi connectivity index (χ3v) is 3.93. The van der Waals surface area contributed by atoms with Crippen molar-refractivity contribution in [3.63, 3.8) is 0 Å². The summed E-state index contributed by atoms with van der Waals surface area (Å²) in [5.74, 6) is -0.534. The van der Waals surface area contributed by atoms with E-state index in [4.69, 9.17) is 9.47 Å². The van der Waals surface area contributed by atoms with Gasteiger partial charge in [-0.05, 0) is 18.4 Å². The molecular weight excluding hydrogens is 288 g/mol. The van der Waals surface area contributed by atoms with Crippen LogP contribution in [0.3, 0.4) is 0 Å². The second-order valence-electron chi connectivity index (χ2n) is 5.66. The van der Waals surface area contributed by atoms with E-state index in [9.17, 15) is 20.1 Å². The van der Waals surface area contributed by atoms with Crippen LogP contribution < -0.4 is 0 Å². The number of aliphatic hydroxyl groups excluding tert-OH is 2. The van der Waals surface area contributed by atoms with Gasteiger partial charge in [-0.25, -0.2) is 0 Å². The van der Waals surface area contributed by atoms with E-state index in [1.165, 1.54) is 6.92 Å². The minimum Gasteiger partial charge on any atom is -0.460 e. The monoisotopic (exact) mass is 310 g/mol. The highest BCUT2D eigenvalue weighted by molar-refractivity contribution is 5.66. The maximum absolute atomic E-state index is 11.0. The fourth-order valence-corrected chi connectivity index (χ4v) is 2.67. The van der Waals surface area contributed by atoms with E-state index in [0.717, 1.165) is 5.56 Å². The molecule has 1 saturated carbocycles. The van der Waals surface area contributed by atoms with Crippen LogP contribution in [0.2, 0.25) is 0 Å². The number of aliphatic hydroxyl groups is 3. The van der Waals surface area contributed by atoms with Gasteiger partial charge in [-0.2, -0.15) is 0 Å². The van der Waals surface area contributed by atoms with Crippen molar-refractivity contribution >= 4 is 5.97 Å². The summed E-state index contributed by atoms with van der Waals surface area (Å²) in [5.41, 5.74) is -0.935. The van der Waals surface area contributed by atoms with Gasteiger partial charge in [0.05, 0.1) is 19.3 Å². The van der Waals surface area contributed by atoms with Gasteiger partial charge in [-0.15, -0.1) is 0 Å². The standard InChI is InChI=1S/C16H22O6/c1-11(17)22-13-7-8-14(18)16(20,15(13)19)10-21-9-12-5-3-2-4-6-12/h2-6,13-15,18-20H,7-10H2,1H3/t13-,14+,15+,16-/m1/s1. The molecule has 0 spiro atoms. The van der Waals surface area contributed by atoms with E-state index >= 15 is 0 Å². The van der Waals surface area contributed by atoms with Gasteiger partial charge >= 0.3 is 5.97 Å². The number of carbonyl (C=O) groups excluding carboxylic acids is 1. The summed E-state index contributed by atoms with van der Waals surface area (Å²) >= 11 is 0. The van der Waals surface area contributed by atoms with E-state index < -0.39 is 29.9 Å². The van der Waals surface area contributed by atoms with Crippen LogP contribution >= 0.6 is 0 Å². The molecule has 0 saturated heterocycles. The van der Waals surface area contributed by atoms with Gasteiger partial charge in [0.15, 0.2) is 0 Å². The first-order valence-corrected chi connectivity index (χ1v) is 7.31. The highest BCUT2D eigenvalue weighted by Crippen LogP contribution is 2.31. The Bertz CT molecular complexity index is 491. The Balaban J connectivity index is 1.97. The van der Waals surface area contributed by atoms with E-state index in [-0.39, 0.29) is 19.6 Å². The second-order valence-corrected chi connectivity index (χ2v) is 5.66. The van der Waals surface area contributed by atoms with E-state index in [0.29, 0.717) is 6.42 Å². The maximum Gasteiger partial charge on any atom is 0.302 e.